The maximum Gasteiger partial charge on any atom is 0.210 e. The lowest BCUT2D eigenvalue weighted by Gasteiger charge is -2.14. The first-order valence-corrected chi connectivity index (χ1v) is 6.31. The summed E-state index contributed by atoms with van der Waals surface area (Å²) < 4.78 is 7.95. The molecular weight excluding hydrogens is 272 g/mol. The lowest BCUT2D eigenvalue weighted by atomic mass is 9.99. The summed E-state index contributed by atoms with van der Waals surface area (Å²) in [5.41, 5.74) is 0.626. The molecule has 1 saturated heterocycles. The number of rotatable bonds is 3. The number of aryl methyl sites for hydroxylation is 1. The zero-order valence-electron chi connectivity index (χ0n) is 9.44. The molecule has 0 saturated carbocycles. The second kappa shape index (κ2) is 4.67. The van der Waals surface area contributed by atoms with E-state index in [0.29, 0.717) is 24.8 Å². The Balaban J connectivity index is 2.29. The standard InChI is InChI=1S/C11H15BrN2O2/c1-3-14-9(8(12)6-13-14)10(15)11-7(2)4-5-16-11/h6-7,11H,3-5H2,1-2H3. The number of ketones is 1. The first kappa shape index (κ1) is 11.8. The average Bonchev–Trinajstić information content (AvgIpc) is 2.83. The molecule has 5 heteroatoms. The minimum Gasteiger partial charge on any atom is -0.370 e. The van der Waals surface area contributed by atoms with Crippen LogP contribution >= 0.6 is 15.9 Å². The van der Waals surface area contributed by atoms with E-state index >= 15 is 0 Å². The highest BCUT2D eigenvalue weighted by atomic mass is 79.9. The molecule has 0 aromatic carbocycles. The number of aromatic nitrogens is 2. The van der Waals surface area contributed by atoms with Crippen molar-refractivity contribution < 1.29 is 9.53 Å². The van der Waals surface area contributed by atoms with E-state index in [2.05, 4.69) is 28.0 Å². The van der Waals surface area contributed by atoms with Crippen molar-refractivity contribution in [3.63, 3.8) is 0 Å². The normalized spacial score (nSPS) is 24.9. The summed E-state index contributed by atoms with van der Waals surface area (Å²) in [4.78, 5) is 12.3. The van der Waals surface area contributed by atoms with Gasteiger partial charge in [-0.05, 0) is 35.2 Å². The molecule has 0 bridgehead atoms. The van der Waals surface area contributed by atoms with Gasteiger partial charge in [0.15, 0.2) is 0 Å². The summed E-state index contributed by atoms with van der Waals surface area (Å²) in [6.07, 6.45) is 2.31. The molecule has 2 heterocycles. The smallest absolute Gasteiger partial charge is 0.210 e. The molecule has 1 fully saturated rings. The van der Waals surface area contributed by atoms with Crippen molar-refractivity contribution in [2.45, 2.75) is 32.9 Å². The monoisotopic (exact) mass is 286 g/mol. The van der Waals surface area contributed by atoms with Crippen LogP contribution in [0.2, 0.25) is 0 Å². The van der Waals surface area contributed by atoms with Crippen LogP contribution in [0.4, 0.5) is 0 Å². The molecule has 0 radical (unpaired) electrons. The summed E-state index contributed by atoms with van der Waals surface area (Å²) in [5, 5.41) is 4.15. The van der Waals surface area contributed by atoms with E-state index in [9.17, 15) is 4.79 Å². The Labute approximate surface area is 103 Å². The van der Waals surface area contributed by atoms with Crippen LogP contribution in [0.15, 0.2) is 10.7 Å². The number of hydrogen-bond acceptors (Lipinski definition) is 3. The largest absolute Gasteiger partial charge is 0.370 e. The van der Waals surface area contributed by atoms with Crippen molar-refractivity contribution in [2.24, 2.45) is 5.92 Å². The Kier molecular flexibility index (Phi) is 3.44. The summed E-state index contributed by atoms with van der Waals surface area (Å²) in [7, 11) is 0. The number of nitrogens with zero attached hydrogens (tertiary/aromatic N) is 2. The third kappa shape index (κ3) is 1.94. The first-order chi connectivity index (χ1) is 7.65. The van der Waals surface area contributed by atoms with Gasteiger partial charge in [-0.15, -0.1) is 0 Å². The van der Waals surface area contributed by atoms with Gasteiger partial charge in [-0.1, -0.05) is 6.92 Å². The van der Waals surface area contributed by atoms with Gasteiger partial charge in [0.1, 0.15) is 11.8 Å². The quantitative estimate of drug-likeness (QED) is 0.801. The Hall–Kier alpha value is -0.680. The Morgan fingerprint density at radius 2 is 2.50 bits per heavy atom. The minimum absolute atomic E-state index is 0.0382. The predicted molar refractivity (Wildman–Crippen MR) is 63.5 cm³/mol. The molecule has 16 heavy (non-hydrogen) atoms. The van der Waals surface area contributed by atoms with Crippen LogP contribution in [0, 0.1) is 5.92 Å². The van der Waals surface area contributed by atoms with Gasteiger partial charge in [0.05, 0.1) is 10.7 Å². The third-order valence-electron chi connectivity index (χ3n) is 2.97. The second-order valence-electron chi connectivity index (χ2n) is 4.08. The van der Waals surface area contributed by atoms with Gasteiger partial charge in [0.2, 0.25) is 5.78 Å². The maximum atomic E-state index is 12.3. The molecule has 0 aliphatic carbocycles. The molecule has 1 aliphatic rings. The average molecular weight is 287 g/mol. The van der Waals surface area contributed by atoms with E-state index < -0.39 is 0 Å². The fourth-order valence-electron chi connectivity index (χ4n) is 2.01. The van der Waals surface area contributed by atoms with Gasteiger partial charge in [-0.2, -0.15) is 5.10 Å². The van der Waals surface area contributed by atoms with Crippen LogP contribution in [-0.2, 0) is 11.3 Å². The van der Waals surface area contributed by atoms with Crippen molar-refractivity contribution in [1.29, 1.82) is 0 Å². The van der Waals surface area contributed by atoms with Crippen molar-refractivity contribution in [1.82, 2.24) is 9.78 Å². The maximum absolute atomic E-state index is 12.3. The van der Waals surface area contributed by atoms with Crippen molar-refractivity contribution >= 4 is 21.7 Å². The summed E-state index contributed by atoms with van der Waals surface area (Å²) in [6.45, 7) is 5.38. The molecule has 88 valence electrons. The molecule has 0 amide bonds. The Morgan fingerprint density at radius 1 is 1.75 bits per heavy atom. The van der Waals surface area contributed by atoms with Crippen molar-refractivity contribution in [2.75, 3.05) is 6.61 Å². The van der Waals surface area contributed by atoms with Crippen LogP contribution < -0.4 is 0 Å². The van der Waals surface area contributed by atoms with Gasteiger partial charge >= 0.3 is 0 Å². The van der Waals surface area contributed by atoms with E-state index in [-0.39, 0.29) is 11.9 Å². The van der Waals surface area contributed by atoms with E-state index in [0.717, 1.165) is 10.9 Å². The lowest BCUT2D eigenvalue weighted by Crippen LogP contribution is -2.27. The molecule has 2 rings (SSSR count). The van der Waals surface area contributed by atoms with E-state index in [4.69, 9.17) is 4.74 Å². The number of hydrogen-bond donors (Lipinski definition) is 0. The van der Waals surface area contributed by atoms with Crippen molar-refractivity contribution in [3.05, 3.63) is 16.4 Å². The van der Waals surface area contributed by atoms with Crippen LogP contribution in [0.3, 0.4) is 0 Å². The second-order valence-corrected chi connectivity index (χ2v) is 4.93. The molecule has 4 nitrogen and oxygen atoms in total. The molecule has 1 aromatic rings. The highest BCUT2D eigenvalue weighted by Gasteiger charge is 2.34. The number of carbonyl (C=O) groups excluding carboxylic acids is 1. The Bertz CT molecular complexity index is 403. The summed E-state index contributed by atoms with van der Waals surface area (Å²) in [5.74, 6) is 0.329. The minimum atomic E-state index is -0.307. The zero-order valence-corrected chi connectivity index (χ0v) is 11.0. The molecule has 2 unspecified atom stereocenters. The SMILES string of the molecule is CCn1ncc(Br)c1C(=O)C1OCCC1C. The summed E-state index contributed by atoms with van der Waals surface area (Å²) >= 11 is 3.37. The van der Waals surface area contributed by atoms with Gasteiger partial charge in [0.25, 0.3) is 0 Å². The zero-order chi connectivity index (χ0) is 11.7. The van der Waals surface area contributed by atoms with E-state index in [1.54, 1.807) is 10.9 Å². The highest BCUT2D eigenvalue weighted by Crippen LogP contribution is 2.26. The fourth-order valence-corrected chi connectivity index (χ4v) is 2.50. The number of carbonyl (C=O) groups is 1. The Morgan fingerprint density at radius 3 is 3.06 bits per heavy atom. The van der Waals surface area contributed by atoms with E-state index in [1.165, 1.54) is 0 Å². The van der Waals surface area contributed by atoms with Gasteiger partial charge in [0, 0.05) is 13.2 Å². The number of ether oxygens (including phenoxy) is 1. The first-order valence-electron chi connectivity index (χ1n) is 5.52. The van der Waals surface area contributed by atoms with Crippen LogP contribution in [0.25, 0.3) is 0 Å². The predicted octanol–water partition coefficient (Wildman–Crippen LogP) is 2.27. The van der Waals surface area contributed by atoms with E-state index in [1.807, 2.05) is 6.92 Å². The van der Waals surface area contributed by atoms with Gasteiger partial charge in [-0.3, -0.25) is 9.48 Å². The molecule has 1 aromatic heterocycles. The number of halogens is 1. The molecule has 2 atom stereocenters. The number of Topliss-reactive ketones (excluding diaryl/α,β-unsaturated/α-hetero) is 1. The molecule has 0 N–H and O–H groups in total. The van der Waals surface area contributed by atoms with Crippen LogP contribution in [-0.4, -0.2) is 28.3 Å². The van der Waals surface area contributed by atoms with Gasteiger partial charge < -0.3 is 4.74 Å². The highest BCUT2D eigenvalue weighted by molar-refractivity contribution is 9.10. The molecule has 1 aliphatic heterocycles. The molecular formula is C11H15BrN2O2. The van der Waals surface area contributed by atoms with Crippen LogP contribution in [0.1, 0.15) is 30.8 Å². The topological polar surface area (TPSA) is 44.1 Å². The third-order valence-corrected chi connectivity index (χ3v) is 3.55. The van der Waals surface area contributed by atoms with Crippen LogP contribution in [0.5, 0.6) is 0 Å². The van der Waals surface area contributed by atoms with Gasteiger partial charge in [-0.25, -0.2) is 0 Å². The lowest BCUT2D eigenvalue weighted by molar-refractivity contribution is 0.0568. The van der Waals surface area contributed by atoms with Crippen molar-refractivity contribution in [3.8, 4) is 0 Å². The molecule has 0 spiro atoms. The fraction of sp³-hybridized carbons (Fsp3) is 0.636. The summed E-state index contributed by atoms with van der Waals surface area (Å²) in [6, 6.07) is 0.